The minimum Gasteiger partial charge on any atom is -0.337 e. The molecule has 1 fully saturated rings. The van der Waals surface area contributed by atoms with Crippen LogP contribution >= 0.6 is 36.4 Å². The molecular weight excluding hydrogens is 309 g/mol. The number of nitrogens with two attached hydrogens (primary N) is 1. The number of pyridine rings is 1. The molecule has 108 valence electrons. The predicted octanol–water partition coefficient (Wildman–Crippen LogP) is 2.39. The lowest BCUT2D eigenvalue weighted by Gasteiger charge is -2.17. The highest BCUT2D eigenvalue weighted by Crippen LogP contribution is 2.20. The molecule has 2 rings (SSSR count). The second-order valence-electron chi connectivity index (χ2n) is 4.52. The first-order valence-electron chi connectivity index (χ1n) is 5.74. The van der Waals surface area contributed by atoms with Gasteiger partial charge in [0.25, 0.3) is 5.91 Å². The molecule has 1 aromatic heterocycles. The zero-order valence-electron chi connectivity index (χ0n) is 10.6. The van der Waals surface area contributed by atoms with Crippen molar-refractivity contribution in [1.29, 1.82) is 0 Å². The first-order valence-corrected chi connectivity index (χ1v) is 6.12. The maximum atomic E-state index is 12.1. The van der Waals surface area contributed by atoms with Crippen molar-refractivity contribution in [3.8, 4) is 0 Å². The first-order chi connectivity index (χ1) is 8.08. The minimum atomic E-state index is -0.0372. The van der Waals surface area contributed by atoms with Gasteiger partial charge in [-0.1, -0.05) is 11.6 Å². The highest BCUT2D eigenvalue weighted by molar-refractivity contribution is 6.30. The Morgan fingerprint density at radius 3 is 2.68 bits per heavy atom. The quantitative estimate of drug-likeness (QED) is 0.908. The van der Waals surface area contributed by atoms with Gasteiger partial charge >= 0.3 is 0 Å². The van der Waals surface area contributed by atoms with Gasteiger partial charge in [-0.3, -0.25) is 4.79 Å². The number of amides is 1. The van der Waals surface area contributed by atoms with Crippen molar-refractivity contribution in [2.24, 2.45) is 11.7 Å². The van der Waals surface area contributed by atoms with E-state index in [2.05, 4.69) is 4.98 Å². The van der Waals surface area contributed by atoms with Gasteiger partial charge in [0.2, 0.25) is 0 Å². The van der Waals surface area contributed by atoms with Gasteiger partial charge in [-0.25, -0.2) is 4.98 Å². The molecule has 0 radical (unpaired) electrons. The molecule has 19 heavy (non-hydrogen) atoms. The van der Waals surface area contributed by atoms with Crippen LogP contribution in [0.5, 0.6) is 0 Å². The summed E-state index contributed by atoms with van der Waals surface area (Å²) in [5.74, 6) is 0.357. The summed E-state index contributed by atoms with van der Waals surface area (Å²) in [5.41, 5.74) is 6.29. The normalized spacial score (nSPS) is 19.3. The van der Waals surface area contributed by atoms with Crippen LogP contribution in [0, 0.1) is 5.92 Å². The molecular formula is C12H18Cl3N3O. The average Bonchev–Trinajstić information content (AvgIpc) is 2.78. The van der Waals surface area contributed by atoms with E-state index in [0.717, 1.165) is 19.5 Å². The van der Waals surface area contributed by atoms with Crippen LogP contribution in [0.3, 0.4) is 0 Å². The number of rotatable bonds is 2. The Hall–Kier alpha value is -0.550. The van der Waals surface area contributed by atoms with Crippen LogP contribution in [0.15, 0.2) is 18.3 Å². The summed E-state index contributed by atoms with van der Waals surface area (Å²) >= 11 is 5.74. The first kappa shape index (κ1) is 18.4. The van der Waals surface area contributed by atoms with Crippen LogP contribution < -0.4 is 5.73 Å². The molecule has 0 bridgehead atoms. The van der Waals surface area contributed by atoms with Crippen molar-refractivity contribution in [1.82, 2.24) is 9.88 Å². The molecule has 4 nitrogen and oxygen atoms in total. The van der Waals surface area contributed by atoms with E-state index in [0.29, 0.717) is 16.6 Å². The average molecular weight is 327 g/mol. The van der Waals surface area contributed by atoms with Crippen LogP contribution in [0.4, 0.5) is 0 Å². The van der Waals surface area contributed by atoms with Gasteiger partial charge in [0, 0.05) is 25.3 Å². The molecule has 2 unspecified atom stereocenters. The standard InChI is InChI=1S/C12H16ClN3O.2ClH/c1-8(14)9-4-5-16(7-9)12(17)11-3-2-10(13)6-15-11;;/h2-3,6,8-9H,4-5,7,14H2,1H3;2*1H. The van der Waals surface area contributed by atoms with Gasteiger partial charge in [-0.15, -0.1) is 24.8 Å². The van der Waals surface area contributed by atoms with Crippen molar-refractivity contribution in [2.75, 3.05) is 13.1 Å². The number of aromatic nitrogens is 1. The lowest BCUT2D eigenvalue weighted by molar-refractivity contribution is 0.0780. The zero-order chi connectivity index (χ0) is 12.4. The predicted molar refractivity (Wildman–Crippen MR) is 81.4 cm³/mol. The Labute approximate surface area is 130 Å². The lowest BCUT2D eigenvalue weighted by Crippen LogP contribution is -2.33. The number of carbonyl (C=O) groups is 1. The molecule has 1 aliphatic heterocycles. The van der Waals surface area contributed by atoms with E-state index >= 15 is 0 Å². The van der Waals surface area contributed by atoms with Crippen LogP contribution in [0.2, 0.25) is 5.02 Å². The van der Waals surface area contributed by atoms with Gasteiger partial charge in [-0.2, -0.15) is 0 Å². The fraction of sp³-hybridized carbons (Fsp3) is 0.500. The third kappa shape index (κ3) is 4.49. The van der Waals surface area contributed by atoms with Crippen LogP contribution in [-0.4, -0.2) is 34.9 Å². The summed E-state index contributed by atoms with van der Waals surface area (Å²) in [7, 11) is 0. The van der Waals surface area contributed by atoms with E-state index in [4.69, 9.17) is 17.3 Å². The van der Waals surface area contributed by atoms with E-state index < -0.39 is 0 Å². The molecule has 0 spiro atoms. The number of halogens is 3. The number of hydrogen-bond acceptors (Lipinski definition) is 3. The van der Waals surface area contributed by atoms with Gasteiger partial charge in [-0.05, 0) is 31.4 Å². The Morgan fingerprint density at radius 2 is 2.21 bits per heavy atom. The third-order valence-corrected chi connectivity index (χ3v) is 3.43. The van der Waals surface area contributed by atoms with E-state index in [9.17, 15) is 4.79 Å². The van der Waals surface area contributed by atoms with Gasteiger partial charge < -0.3 is 10.6 Å². The van der Waals surface area contributed by atoms with Gasteiger partial charge in [0.15, 0.2) is 0 Å². The minimum absolute atomic E-state index is 0. The molecule has 2 atom stereocenters. The SMILES string of the molecule is CC(N)C1CCN(C(=O)c2ccc(Cl)cn2)C1.Cl.Cl. The second kappa shape index (κ2) is 7.90. The summed E-state index contributed by atoms with van der Waals surface area (Å²) in [6.07, 6.45) is 2.46. The van der Waals surface area contributed by atoms with Crippen molar-refractivity contribution >= 4 is 42.3 Å². The van der Waals surface area contributed by atoms with E-state index in [1.165, 1.54) is 6.20 Å². The fourth-order valence-corrected chi connectivity index (χ4v) is 2.18. The molecule has 0 aliphatic carbocycles. The van der Waals surface area contributed by atoms with Crippen molar-refractivity contribution in [2.45, 2.75) is 19.4 Å². The molecule has 1 aliphatic rings. The summed E-state index contributed by atoms with van der Waals surface area (Å²) in [5, 5.41) is 0.538. The Bertz CT molecular complexity index is 411. The molecule has 2 N–H and O–H groups in total. The van der Waals surface area contributed by atoms with E-state index in [1.807, 2.05) is 11.8 Å². The highest BCUT2D eigenvalue weighted by atomic mass is 35.5. The molecule has 2 heterocycles. The van der Waals surface area contributed by atoms with Crippen molar-refractivity contribution in [3.05, 3.63) is 29.0 Å². The van der Waals surface area contributed by atoms with Crippen LogP contribution in [0.25, 0.3) is 0 Å². The second-order valence-corrected chi connectivity index (χ2v) is 4.96. The summed E-state index contributed by atoms with van der Waals surface area (Å²) < 4.78 is 0. The molecule has 1 saturated heterocycles. The number of nitrogens with zero attached hydrogens (tertiary/aromatic N) is 2. The number of likely N-dealkylation sites (tertiary alicyclic amines) is 1. The monoisotopic (exact) mass is 325 g/mol. The summed E-state index contributed by atoms with van der Waals surface area (Å²) in [4.78, 5) is 18.0. The Kier molecular flexibility index (Phi) is 7.67. The fourth-order valence-electron chi connectivity index (χ4n) is 2.07. The molecule has 0 aromatic carbocycles. The summed E-state index contributed by atoms with van der Waals surface area (Å²) in [6.45, 7) is 3.47. The van der Waals surface area contributed by atoms with Gasteiger partial charge in [0.05, 0.1) is 5.02 Å². The van der Waals surface area contributed by atoms with Gasteiger partial charge in [0.1, 0.15) is 5.69 Å². The molecule has 1 aromatic rings. The third-order valence-electron chi connectivity index (χ3n) is 3.20. The Morgan fingerprint density at radius 1 is 1.53 bits per heavy atom. The van der Waals surface area contributed by atoms with Crippen LogP contribution in [0.1, 0.15) is 23.8 Å². The number of carbonyl (C=O) groups excluding carboxylic acids is 1. The van der Waals surface area contributed by atoms with Crippen molar-refractivity contribution in [3.63, 3.8) is 0 Å². The van der Waals surface area contributed by atoms with Crippen LogP contribution in [-0.2, 0) is 0 Å². The molecule has 0 saturated carbocycles. The molecule has 7 heteroatoms. The zero-order valence-corrected chi connectivity index (χ0v) is 13.0. The smallest absolute Gasteiger partial charge is 0.272 e. The Balaban J connectivity index is 0.00000162. The van der Waals surface area contributed by atoms with E-state index in [1.54, 1.807) is 12.1 Å². The van der Waals surface area contributed by atoms with E-state index in [-0.39, 0.29) is 36.8 Å². The van der Waals surface area contributed by atoms with Crippen molar-refractivity contribution < 1.29 is 4.79 Å². The highest BCUT2D eigenvalue weighted by Gasteiger charge is 2.29. The maximum Gasteiger partial charge on any atom is 0.272 e. The maximum absolute atomic E-state index is 12.1. The summed E-state index contributed by atoms with van der Waals surface area (Å²) in [6, 6.07) is 3.47. The topological polar surface area (TPSA) is 59.2 Å². The largest absolute Gasteiger partial charge is 0.337 e. The number of hydrogen-bond donors (Lipinski definition) is 1. The lowest BCUT2D eigenvalue weighted by atomic mass is 10.0. The molecule has 1 amide bonds.